The van der Waals surface area contributed by atoms with Gasteiger partial charge >= 0.3 is 0 Å². The topological polar surface area (TPSA) is 24.8 Å². The molecule has 1 aliphatic carbocycles. The summed E-state index contributed by atoms with van der Waals surface area (Å²) in [6.45, 7) is 0. The van der Waals surface area contributed by atoms with Crippen molar-refractivity contribution < 1.29 is 4.84 Å². The van der Waals surface area contributed by atoms with Crippen molar-refractivity contribution in [2.75, 3.05) is 21.2 Å². The van der Waals surface area contributed by atoms with Crippen molar-refractivity contribution in [2.24, 2.45) is 5.16 Å². The lowest BCUT2D eigenvalue weighted by Crippen LogP contribution is -2.07. The summed E-state index contributed by atoms with van der Waals surface area (Å²) >= 11 is 0. The molecule has 0 bridgehead atoms. The van der Waals surface area contributed by atoms with Gasteiger partial charge in [-0.15, -0.1) is 0 Å². The summed E-state index contributed by atoms with van der Waals surface area (Å²) in [7, 11) is 5.70. The summed E-state index contributed by atoms with van der Waals surface area (Å²) < 4.78 is 0. The maximum atomic E-state index is 4.86. The number of fused-ring (bicyclic) bond motifs is 1. The summed E-state index contributed by atoms with van der Waals surface area (Å²) in [6, 6.07) is 12.8. The molecule has 0 saturated carbocycles. The first-order chi connectivity index (χ1) is 10.7. The van der Waals surface area contributed by atoms with Crippen LogP contribution in [0.2, 0.25) is 0 Å². The fourth-order valence-corrected chi connectivity index (χ4v) is 2.76. The number of nitrogens with zero attached hydrogens (tertiary/aromatic N) is 2. The Kier molecular flexibility index (Phi) is 3.96. The number of allylic oxidation sites excluding steroid dienone is 3. The van der Waals surface area contributed by atoms with Crippen LogP contribution in [0.4, 0.5) is 0 Å². The summed E-state index contributed by atoms with van der Waals surface area (Å²) in [4.78, 5) is 7.00. The first kappa shape index (κ1) is 14.4. The molecule has 2 aromatic rings. The van der Waals surface area contributed by atoms with E-state index in [0.29, 0.717) is 0 Å². The highest BCUT2D eigenvalue weighted by molar-refractivity contribution is 5.97. The quantitative estimate of drug-likeness (QED) is 0.627. The molecule has 0 fully saturated rings. The maximum absolute atomic E-state index is 4.86. The van der Waals surface area contributed by atoms with Crippen LogP contribution < -0.4 is 0 Å². The van der Waals surface area contributed by atoms with E-state index < -0.39 is 0 Å². The molecular weight excluding hydrogens is 272 g/mol. The van der Waals surface area contributed by atoms with Crippen LogP contribution in [0.25, 0.3) is 16.3 Å². The Balaban J connectivity index is 2.11. The van der Waals surface area contributed by atoms with Gasteiger partial charge in [0.1, 0.15) is 7.11 Å². The molecule has 0 heterocycles. The molecule has 22 heavy (non-hydrogen) atoms. The first-order valence-electron chi connectivity index (χ1n) is 7.37. The van der Waals surface area contributed by atoms with Gasteiger partial charge < -0.3 is 9.74 Å². The molecule has 3 rings (SSSR count). The Morgan fingerprint density at radius 1 is 1.14 bits per heavy atom. The van der Waals surface area contributed by atoms with Crippen LogP contribution in [-0.2, 0) is 4.84 Å². The molecule has 0 radical (unpaired) electrons. The van der Waals surface area contributed by atoms with Crippen molar-refractivity contribution in [1.29, 1.82) is 0 Å². The molecule has 0 amide bonds. The minimum absolute atomic E-state index is 0.944. The highest BCUT2D eigenvalue weighted by atomic mass is 16.6. The van der Waals surface area contributed by atoms with Crippen LogP contribution in [0.15, 0.2) is 59.4 Å². The van der Waals surface area contributed by atoms with Crippen LogP contribution in [0.1, 0.15) is 17.5 Å². The molecule has 0 atom stereocenters. The van der Waals surface area contributed by atoms with E-state index in [1.165, 1.54) is 27.6 Å². The summed E-state index contributed by atoms with van der Waals surface area (Å²) in [5.41, 5.74) is 4.86. The second kappa shape index (κ2) is 6.06. The first-order valence-corrected chi connectivity index (χ1v) is 7.37. The standard InChI is InChI=1S/C19H20N2O/c1-21(2)18-9-8-16(11-18)19-12-15-7-5-4-6-14(15)10-17(19)13-20-22-3/h4-7,9-13H,8H2,1-3H3. The van der Waals surface area contributed by atoms with Crippen LogP contribution in [0.5, 0.6) is 0 Å². The van der Waals surface area contributed by atoms with E-state index in [1.54, 1.807) is 13.3 Å². The monoisotopic (exact) mass is 292 g/mol. The van der Waals surface area contributed by atoms with Crippen molar-refractivity contribution in [3.63, 3.8) is 0 Å². The molecule has 112 valence electrons. The lowest BCUT2D eigenvalue weighted by atomic mass is 9.95. The van der Waals surface area contributed by atoms with Gasteiger partial charge in [0.15, 0.2) is 0 Å². The van der Waals surface area contributed by atoms with E-state index in [1.807, 2.05) is 0 Å². The Morgan fingerprint density at radius 2 is 1.86 bits per heavy atom. The van der Waals surface area contributed by atoms with Crippen LogP contribution in [0, 0.1) is 0 Å². The molecule has 1 aliphatic rings. The van der Waals surface area contributed by atoms with Gasteiger partial charge in [0.25, 0.3) is 0 Å². The third-order valence-electron chi connectivity index (χ3n) is 3.93. The lowest BCUT2D eigenvalue weighted by Gasteiger charge is -2.12. The third-order valence-corrected chi connectivity index (χ3v) is 3.93. The minimum atomic E-state index is 0.944. The summed E-state index contributed by atoms with van der Waals surface area (Å²) in [6.07, 6.45) is 7.23. The SMILES string of the molecule is CON=Cc1cc2ccccc2cc1C1=CC(N(C)C)=CC1. The minimum Gasteiger partial charge on any atom is -0.399 e. The number of likely N-dealkylation sites (N-methyl/N-ethyl adjacent to an activating group) is 1. The molecule has 2 aromatic carbocycles. The van der Waals surface area contributed by atoms with Crippen LogP contribution in [0.3, 0.4) is 0 Å². The number of rotatable bonds is 4. The molecule has 0 saturated heterocycles. The Hall–Kier alpha value is -2.55. The smallest absolute Gasteiger partial charge is 0.106 e. The zero-order valence-electron chi connectivity index (χ0n) is 13.2. The van der Waals surface area contributed by atoms with Crippen LogP contribution >= 0.6 is 0 Å². The number of benzene rings is 2. The van der Waals surface area contributed by atoms with Crippen molar-refractivity contribution in [2.45, 2.75) is 6.42 Å². The van der Waals surface area contributed by atoms with E-state index in [4.69, 9.17) is 4.84 Å². The van der Waals surface area contributed by atoms with Crippen molar-refractivity contribution in [3.8, 4) is 0 Å². The average molecular weight is 292 g/mol. The number of hydrogen-bond donors (Lipinski definition) is 0. The molecule has 0 aromatic heterocycles. The molecule has 3 heteroatoms. The molecule has 0 aliphatic heterocycles. The van der Waals surface area contributed by atoms with Crippen molar-refractivity contribution in [3.05, 3.63) is 65.4 Å². The zero-order chi connectivity index (χ0) is 15.5. The van der Waals surface area contributed by atoms with Crippen molar-refractivity contribution in [1.82, 2.24) is 4.90 Å². The molecule has 3 nitrogen and oxygen atoms in total. The van der Waals surface area contributed by atoms with E-state index in [2.05, 4.69) is 72.7 Å². The summed E-state index contributed by atoms with van der Waals surface area (Å²) in [5.74, 6) is 0. The van der Waals surface area contributed by atoms with Gasteiger partial charge in [0, 0.05) is 25.4 Å². The molecule has 0 unspecified atom stereocenters. The van der Waals surface area contributed by atoms with E-state index in [9.17, 15) is 0 Å². The van der Waals surface area contributed by atoms with Gasteiger partial charge in [-0.2, -0.15) is 0 Å². The highest BCUT2D eigenvalue weighted by Crippen LogP contribution is 2.32. The predicted octanol–water partition coefficient (Wildman–Crippen LogP) is 4.05. The van der Waals surface area contributed by atoms with Gasteiger partial charge in [-0.05, 0) is 46.5 Å². The molecule has 0 N–H and O–H groups in total. The summed E-state index contributed by atoms with van der Waals surface area (Å²) in [5, 5.41) is 6.41. The maximum Gasteiger partial charge on any atom is 0.106 e. The fourth-order valence-electron chi connectivity index (χ4n) is 2.76. The van der Waals surface area contributed by atoms with E-state index >= 15 is 0 Å². The lowest BCUT2D eigenvalue weighted by molar-refractivity contribution is 0.215. The average Bonchev–Trinajstić information content (AvgIpc) is 3.02. The van der Waals surface area contributed by atoms with Gasteiger partial charge in [-0.1, -0.05) is 35.5 Å². The number of hydrogen-bond acceptors (Lipinski definition) is 3. The molecular formula is C19H20N2O. The second-order valence-corrected chi connectivity index (χ2v) is 5.60. The van der Waals surface area contributed by atoms with Gasteiger partial charge in [-0.3, -0.25) is 0 Å². The highest BCUT2D eigenvalue weighted by Gasteiger charge is 2.14. The molecule has 0 spiro atoms. The number of oxime groups is 1. The van der Waals surface area contributed by atoms with E-state index in [0.717, 1.165) is 12.0 Å². The second-order valence-electron chi connectivity index (χ2n) is 5.60. The van der Waals surface area contributed by atoms with Gasteiger partial charge in [-0.25, -0.2) is 0 Å². The third kappa shape index (κ3) is 2.75. The zero-order valence-corrected chi connectivity index (χ0v) is 13.2. The van der Waals surface area contributed by atoms with E-state index in [-0.39, 0.29) is 0 Å². The Bertz CT molecular complexity index is 785. The Morgan fingerprint density at radius 3 is 2.50 bits per heavy atom. The van der Waals surface area contributed by atoms with Gasteiger partial charge in [0.2, 0.25) is 0 Å². The predicted molar refractivity (Wildman–Crippen MR) is 92.9 cm³/mol. The van der Waals surface area contributed by atoms with Crippen LogP contribution in [-0.4, -0.2) is 32.3 Å². The van der Waals surface area contributed by atoms with Gasteiger partial charge in [0.05, 0.1) is 6.21 Å². The normalized spacial score (nSPS) is 14.3. The Labute approximate surface area is 131 Å². The fraction of sp³-hybridized carbons (Fsp3) is 0.211. The van der Waals surface area contributed by atoms with Crippen molar-refractivity contribution >= 4 is 22.6 Å². The largest absolute Gasteiger partial charge is 0.399 e.